The molecular weight excluding hydrogens is 380 g/mol. The fourth-order valence-electron chi connectivity index (χ4n) is 10.5. The molecule has 2 spiro atoms. The molecule has 176 valence electrons. The Kier molecular flexibility index (Phi) is 5.13. The quantitative estimate of drug-likeness (QED) is 0.475. The van der Waals surface area contributed by atoms with Gasteiger partial charge in [-0.05, 0) is 122 Å². The van der Waals surface area contributed by atoms with E-state index in [1.54, 1.807) is 0 Å². The highest BCUT2D eigenvalue weighted by Crippen LogP contribution is 2.87. The summed E-state index contributed by atoms with van der Waals surface area (Å²) in [7, 11) is 0. The summed E-state index contributed by atoms with van der Waals surface area (Å²) in [4.78, 5) is 0. The molecule has 0 aliphatic heterocycles. The summed E-state index contributed by atoms with van der Waals surface area (Å²) in [5.74, 6) is 3.43. The normalized spacial score (nSPS) is 53.9. The van der Waals surface area contributed by atoms with Crippen LogP contribution in [0, 0.1) is 51.2 Å². The van der Waals surface area contributed by atoms with Crippen LogP contribution in [-0.4, -0.2) is 22.4 Å². The Morgan fingerprint density at radius 2 is 1.65 bits per heavy atom. The van der Waals surface area contributed by atoms with Gasteiger partial charge in [-0.1, -0.05) is 46.8 Å². The second-order valence-corrected chi connectivity index (χ2v) is 13.6. The monoisotopic (exact) mass is 428 g/mol. The molecule has 5 aliphatic carbocycles. The lowest BCUT2D eigenvalue weighted by molar-refractivity contribution is -0.159. The maximum Gasteiger partial charge on any atom is 0.0832 e. The largest absolute Gasteiger partial charge is 0.390 e. The van der Waals surface area contributed by atoms with Crippen molar-refractivity contribution in [3.8, 4) is 0 Å². The van der Waals surface area contributed by atoms with E-state index in [1.807, 2.05) is 0 Å². The molecule has 5 aliphatic rings. The molecule has 0 saturated heterocycles. The summed E-state index contributed by atoms with van der Waals surface area (Å²) >= 11 is 0. The summed E-state index contributed by atoms with van der Waals surface area (Å²) in [6.07, 6.45) is 12.9. The van der Waals surface area contributed by atoms with E-state index < -0.39 is 12.2 Å². The van der Waals surface area contributed by atoms with Gasteiger partial charge in [0.05, 0.1) is 12.2 Å². The van der Waals surface area contributed by atoms with Crippen LogP contribution >= 0.6 is 0 Å². The van der Waals surface area contributed by atoms with Gasteiger partial charge < -0.3 is 10.2 Å². The molecule has 5 rings (SSSR count). The molecule has 2 heteroatoms. The Balaban J connectivity index is 1.37. The molecule has 0 aromatic heterocycles. The van der Waals surface area contributed by atoms with E-state index in [-0.39, 0.29) is 0 Å². The van der Waals surface area contributed by atoms with Crippen LogP contribution in [0.25, 0.3) is 0 Å². The van der Waals surface area contributed by atoms with E-state index in [0.29, 0.717) is 33.5 Å². The van der Waals surface area contributed by atoms with E-state index >= 15 is 0 Å². The van der Waals surface area contributed by atoms with E-state index in [2.05, 4.69) is 41.2 Å². The van der Waals surface area contributed by atoms with Crippen LogP contribution in [0.5, 0.6) is 0 Å². The molecule has 0 aromatic rings. The highest BCUT2D eigenvalue weighted by Gasteiger charge is 2.81. The minimum atomic E-state index is -0.480. The SMILES string of the molecule is C=C(CCC(C)C1CCC2(C)C3CCC4C(O)C(O)CCC45CC35CCC12C)C(C)C. The molecule has 5 fully saturated rings. The van der Waals surface area contributed by atoms with Gasteiger partial charge in [0.1, 0.15) is 0 Å². The minimum absolute atomic E-state index is 0.359. The zero-order valence-electron chi connectivity index (χ0n) is 20.9. The van der Waals surface area contributed by atoms with E-state index in [4.69, 9.17) is 0 Å². The second-order valence-electron chi connectivity index (χ2n) is 13.6. The highest BCUT2D eigenvalue weighted by atomic mass is 16.3. The summed E-state index contributed by atoms with van der Waals surface area (Å²) in [6.45, 7) is 16.8. The van der Waals surface area contributed by atoms with Crippen molar-refractivity contribution in [3.05, 3.63) is 12.2 Å². The van der Waals surface area contributed by atoms with E-state index in [1.165, 1.54) is 56.9 Å². The average Bonchev–Trinajstić information content (AvgIpc) is 3.31. The van der Waals surface area contributed by atoms with Crippen LogP contribution in [0.3, 0.4) is 0 Å². The molecular formula is C29H48O2. The first-order valence-corrected chi connectivity index (χ1v) is 13.6. The number of allylic oxidation sites excluding steroid dienone is 1. The smallest absolute Gasteiger partial charge is 0.0832 e. The van der Waals surface area contributed by atoms with Crippen LogP contribution in [0.15, 0.2) is 12.2 Å². The lowest BCUT2D eigenvalue weighted by Gasteiger charge is -2.62. The first kappa shape index (κ1) is 22.5. The summed E-state index contributed by atoms with van der Waals surface area (Å²) in [6, 6.07) is 0. The lowest BCUT2D eigenvalue weighted by Crippen LogP contribution is -2.57. The molecule has 5 saturated carbocycles. The van der Waals surface area contributed by atoms with Crippen molar-refractivity contribution >= 4 is 0 Å². The number of hydrogen-bond acceptors (Lipinski definition) is 2. The van der Waals surface area contributed by atoms with Crippen molar-refractivity contribution in [3.63, 3.8) is 0 Å². The number of aliphatic hydroxyl groups is 2. The third-order valence-corrected chi connectivity index (χ3v) is 12.7. The first-order chi connectivity index (χ1) is 14.5. The van der Waals surface area contributed by atoms with Crippen LogP contribution < -0.4 is 0 Å². The highest BCUT2D eigenvalue weighted by molar-refractivity contribution is 5.30. The van der Waals surface area contributed by atoms with Crippen LogP contribution in [-0.2, 0) is 0 Å². The number of rotatable bonds is 5. The van der Waals surface area contributed by atoms with Crippen molar-refractivity contribution in [1.29, 1.82) is 0 Å². The molecule has 10 unspecified atom stereocenters. The standard InChI is InChI=1S/C29H48O2/c1-18(2)19(3)7-8-20(4)21-11-13-27(6)24-10-9-22-25(31)23(30)12-14-28(22)17-29(24,28)16-15-26(21,27)5/h18,20-25,30-31H,3,7-17H2,1-2,4-6H3. The Hall–Kier alpha value is -0.340. The Labute approximate surface area is 191 Å². The van der Waals surface area contributed by atoms with E-state index in [0.717, 1.165) is 37.0 Å². The first-order valence-electron chi connectivity index (χ1n) is 13.6. The van der Waals surface area contributed by atoms with Gasteiger partial charge in [0, 0.05) is 0 Å². The molecule has 0 aromatic carbocycles. The van der Waals surface area contributed by atoms with Crippen LogP contribution in [0.4, 0.5) is 0 Å². The van der Waals surface area contributed by atoms with Crippen LogP contribution in [0.1, 0.15) is 105 Å². The zero-order chi connectivity index (χ0) is 22.4. The number of hydrogen-bond donors (Lipinski definition) is 2. The van der Waals surface area contributed by atoms with Crippen molar-refractivity contribution in [2.24, 2.45) is 51.2 Å². The predicted molar refractivity (Wildman–Crippen MR) is 127 cm³/mol. The van der Waals surface area contributed by atoms with Crippen LogP contribution in [0.2, 0.25) is 0 Å². The molecule has 2 N–H and O–H groups in total. The predicted octanol–water partition coefficient (Wildman–Crippen LogP) is 6.75. The summed E-state index contributed by atoms with van der Waals surface area (Å²) in [5, 5.41) is 21.2. The average molecular weight is 429 g/mol. The fraction of sp³-hybridized carbons (Fsp3) is 0.931. The Morgan fingerprint density at radius 3 is 2.35 bits per heavy atom. The third-order valence-electron chi connectivity index (χ3n) is 12.7. The van der Waals surface area contributed by atoms with Crippen molar-refractivity contribution < 1.29 is 10.2 Å². The van der Waals surface area contributed by atoms with Gasteiger partial charge in [-0.25, -0.2) is 0 Å². The maximum atomic E-state index is 10.9. The van der Waals surface area contributed by atoms with Gasteiger partial charge in [-0.3, -0.25) is 0 Å². The topological polar surface area (TPSA) is 40.5 Å². The van der Waals surface area contributed by atoms with E-state index in [9.17, 15) is 10.2 Å². The van der Waals surface area contributed by atoms with Crippen molar-refractivity contribution in [1.82, 2.24) is 0 Å². The molecule has 0 radical (unpaired) electrons. The molecule has 31 heavy (non-hydrogen) atoms. The second kappa shape index (κ2) is 7.08. The van der Waals surface area contributed by atoms with Gasteiger partial charge in [-0.2, -0.15) is 0 Å². The van der Waals surface area contributed by atoms with Gasteiger partial charge >= 0.3 is 0 Å². The number of fused-ring (bicyclic) bond motifs is 2. The summed E-state index contributed by atoms with van der Waals surface area (Å²) in [5.41, 5.74) is 3.18. The number of aliphatic hydroxyl groups excluding tert-OH is 2. The lowest BCUT2D eigenvalue weighted by atomic mass is 9.43. The maximum absolute atomic E-state index is 10.9. The molecule has 0 heterocycles. The molecule has 2 nitrogen and oxygen atoms in total. The Morgan fingerprint density at radius 1 is 0.903 bits per heavy atom. The van der Waals surface area contributed by atoms with Gasteiger partial charge in [0.25, 0.3) is 0 Å². The molecule has 0 bridgehead atoms. The van der Waals surface area contributed by atoms with Crippen molar-refractivity contribution in [2.75, 3.05) is 0 Å². The van der Waals surface area contributed by atoms with Gasteiger partial charge in [0.15, 0.2) is 0 Å². The third kappa shape index (κ3) is 2.76. The minimum Gasteiger partial charge on any atom is -0.390 e. The Bertz CT molecular complexity index is 743. The van der Waals surface area contributed by atoms with Gasteiger partial charge in [-0.15, -0.1) is 0 Å². The van der Waals surface area contributed by atoms with Crippen molar-refractivity contribution in [2.45, 2.75) is 117 Å². The zero-order valence-corrected chi connectivity index (χ0v) is 20.9. The van der Waals surface area contributed by atoms with Gasteiger partial charge in [0.2, 0.25) is 0 Å². The fourth-order valence-corrected chi connectivity index (χ4v) is 10.5. The summed E-state index contributed by atoms with van der Waals surface area (Å²) < 4.78 is 0. The molecule has 0 amide bonds. The molecule has 10 atom stereocenters.